The van der Waals surface area contributed by atoms with Crippen LogP contribution in [0, 0.1) is 5.92 Å². The van der Waals surface area contributed by atoms with E-state index in [-0.39, 0.29) is 6.42 Å². The van der Waals surface area contributed by atoms with Crippen LogP contribution in [0.5, 0.6) is 0 Å². The molecule has 1 saturated carbocycles. The Hall–Kier alpha value is -1.36. The Morgan fingerprint density at radius 1 is 1.23 bits per heavy atom. The molecule has 1 aromatic rings. The third kappa shape index (κ3) is 6.32. The van der Waals surface area contributed by atoms with Gasteiger partial charge in [-0.05, 0) is 20.3 Å². The quantitative estimate of drug-likeness (QED) is 0.451. The fourth-order valence-electron chi connectivity index (χ4n) is 3.32. The zero-order chi connectivity index (χ0) is 22.7. The van der Waals surface area contributed by atoms with Gasteiger partial charge in [-0.15, -0.1) is 0 Å². The molecule has 14 heteroatoms. The first-order valence-electron chi connectivity index (χ1n) is 9.00. The van der Waals surface area contributed by atoms with E-state index in [2.05, 4.69) is 9.51 Å². The molecule has 3 N–H and O–H groups in total. The van der Waals surface area contributed by atoms with Crippen molar-refractivity contribution < 1.29 is 37.2 Å². The lowest BCUT2D eigenvalue weighted by atomic mass is 10.1. The summed E-state index contributed by atoms with van der Waals surface area (Å²) in [7, 11) is -6.10. The van der Waals surface area contributed by atoms with Crippen LogP contribution in [-0.2, 0) is 27.4 Å². The molecule has 0 amide bonds. The van der Waals surface area contributed by atoms with Gasteiger partial charge in [0.25, 0.3) is 5.56 Å². The van der Waals surface area contributed by atoms with E-state index in [1.165, 1.54) is 19.4 Å². The molecular formula is C16H26N2O10P2. The molecule has 1 aliphatic rings. The Morgan fingerprint density at radius 2 is 1.90 bits per heavy atom. The van der Waals surface area contributed by atoms with Gasteiger partial charge in [0.15, 0.2) is 0 Å². The zero-order valence-electron chi connectivity index (χ0n) is 16.9. The summed E-state index contributed by atoms with van der Waals surface area (Å²) in [5, 5.41) is 0. The maximum absolute atomic E-state index is 12.4. The average Bonchev–Trinajstić information content (AvgIpc) is 2.95. The minimum absolute atomic E-state index is 0.136. The van der Waals surface area contributed by atoms with Gasteiger partial charge in [-0.1, -0.05) is 6.08 Å². The molecule has 1 heterocycles. The number of phosphoric acid groups is 1. The number of aromatic amines is 1. The van der Waals surface area contributed by atoms with Crippen LogP contribution >= 0.6 is 15.4 Å². The lowest BCUT2D eigenvalue weighted by Crippen LogP contribution is -2.38. The molecule has 0 bridgehead atoms. The number of hydrogen-bond donors (Lipinski definition) is 3. The second kappa shape index (κ2) is 9.84. The van der Waals surface area contributed by atoms with Crippen molar-refractivity contribution in [2.24, 2.45) is 5.92 Å². The molecule has 170 valence electrons. The van der Waals surface area contributed by atoms with E-state index in [0.29, 0.717) is 0 Å². The second-order valence-electron chi connectivity index (χ2n) is 6.97. The smallest absolute Gasteiger partial charge is 0.378 e. The monoisotopic (exact) mass is 468 g/mol. The Labute approximate surface area is 172 Å². The highest BCUT2D eigenvalue weighted by Crippen LogP contribution is 2.52. The summed E-state index contributed by atoms with van der Waals surface area (Å²) in [4.78, 5) is 45.6. The molecule has 0 aliphatic heterocycles. The molecule has 0 aromatic carbocycles. The van der Waals surface area contributed by atoms with Gasteiger partial charge in [0.1, 0.15) is 6.10 Å². The Bertz CT molecular complexity index is 971. The van der Waals surface area contributed by atoms with E-state index in [1.54, 1.807) is 13.8 Å². The first kappa shape index (κ1) is 24.9. The van der Waals surface area contributed by atoms with E-state index >= 15 is 0 Å². The molecule has 6 atom stereocenters. The summed E-state index contributed by atoms with van der Waals surface area (Å²) >= 11 is 0. The Morgan fingerprint density at radius 3 is 2.43 bits per heavy atom. The minimum Gasteiger partial charge on any atom is -0.378 e. The summed E-state index contributed by atoms with van der Waals surface area (Å²) in [5.74, 6) is 0.389. The summed E-state index contributed by atoms with van der Waals surface area (Å²) < 4.78 is 45.6. The van der Waals surface area contributed by atoms with Gasteiger partial charge in [0.2, 0.25) is 0 Å². The van der Waals surface area contributed by atoms with Crippen molar-refractivity contribution in [2.75, 3.05) is 14.2 Å². The van der Waals surface area contributed by atoms with Crippen molar-refractivity contribution in [1.82, 2.24) is 9.55 Å². The van der Waals surface area contributed by atoms with Crippen molar-refractivity contribution in [2.45, 2.75) is 44.6 Å². The molecular weight excluding hydrogens is 442 g/mol. The predicted octanol–water partition coefficient (Wildman–Crippen LogP) is 1.37. The molecule has 0 radical (unpaired) electrons. The standard InChI is InChI=1S/C16H26N2O10P2/c1-10(2)27-30(23,24)28-15-12(18-7-5-13(19)17-16(18)20)9-11(14(15)25-3)6-8-29(21,22)26-4/h5-8,10-12,14-15H,9H2,1-4H3,(H,21,22)(H,23,24)(H,17,19,20)/b8-6+/t11-,12-,14+,15-/m0/s1. The van der Waals surface area contributed by atoms with Gasteiger partial charge >= 0.3 is 21.1 Å². The maximum Gasteiger partial charge on any atom is 0.472 e. The first-order chi connectivity index (χ1) is 13.9. The van der Waals surface area contributed by atoms with Crippen LogP contribution in [0.1, 0.15) is 26.3 Å². The van der Waals surface area contributed by atoms with Crippen molar-refractivity contribution in [3.05, 3.63) is 45.0 Å². The molecule has 1 fully saturated rings. The van der Waals surface area contributed by atoms with Crippen LogP contribution in [0.15, 0.2) is 33.7 Å². The average molecular weight is 468 g/mol. The predicted molar refractivity (Wildman–Crippen MR) is 106 cm³/mol. The van der Waals surface area contributed by atoms with Gasteiger partial charge in [0.05, 0.1) is 18.2 Å². The zero-order valence-corrected chi connectivity index (χ0v) is 18.7. The van der Waals surface area contributed by atoms with Crippen molar-refractivity contribution >= 4 is 15.4 Å². The normalized spacial score (nSPS) is 28.6. The molecule has 2 rings (SSSR count). The van der Waals surface area contributed by atoms with Crippen LogP contribution in [-0.4, -0.2) is 51.9 Å². The van der Waals surface area contributed by atoms with Crippen LogP contribution in [0.4, 0.5) is 0 Å². The Balaban J connectivity index is 2.47. The van der Waals surface area contributed by atoms with Crippen LogP contribution in [0.3, 0.4) is 0 Å². The van der Waals surface area contributed by atoms with E-state index in [9.17, 15) is 28.5 Å². The van der Waals surface area contributed by atoms with E-state index in [1.807, 2.05) is 0 Å². The van der Waals surface area contributed by atoms with Gasteiger partial charge in [-0.2, -0.15) is 0 Å². The minimum atomic E-state index is -4.53. The van der Waals surface area contributed by atoms with Crippen molar-refractivity contribution in [3.8, 4) is 0 Å². The Kier molecular flexibility index (Phi) is 8.17. The number of H-pyrrole nitrogens is 1. The first-order valence-corrected chi connectivity index (χ1v) is 12.1. The molecule has 30 heavy (non-hydrogen) atoms. The van der Waals surface area contributed by atoms with Gasteiger partial charge in [-0.3, -0.25) is 28.0 Å². The number of ether oxygens (including phenoxy) is 1. The number of nitrogens with one attached hydrogen (secondary N) is 1. The number of rotatable bonds is 9. The molecule has 1 aliphatic carbocycles. The molecule has 0 spiro atoms. The third-order valence-corrected chi connectivity index (χ3v) is 6.77. The van der Waals surface area contributed by atoms with E-state index in [0.717, 1.165) is 23.6 Å². The summed E-state index contributed by atoms with van der Waals surface area (Å²) in [6.07, 6.45) is 0.101. The van der Waals surface area contributed by atoms with Crippen molar-refractivity contribution in [1.29, 1.82) is 0 Å². The lowest BCUT2D eigenvalue weighted by molar-refractivity contribution is -0.0241. The summed E-state index contributed by atoms with van der Waals surface area (Å²) in [5.41, 5.74) is -1.36. The molecule has 2 unspecified atom stereocenters. The fourth-order valence-corrected chi connectivity index (χ4v) is 5.03. The van der Waals surface area contributed by atoms with Gasteiger partial charge < -0.3 is 19.0 Å². The van der Waals surface area contributed by atoms with Crippen molar-refractivity contribution in [3.63, 3.8) is 0 Å². The number of methoxy groups -OCH3 is 1. The lowest BCUT2D eigenvalue weighted by Gasteiger charge is -2.28. The number of aromatic nitrogens is 2. The third-order valence-electron chi connectivity index (χ3n) is 4.50. The molecule has 0 saturated heterocycles. The summed E-state index contributed by atoms with van der Waals surface area (Å²) in [6.45, 7) is 3.10. The van der Waals surface area contributed by atoms with E-state index in [4.69, 9.17) is 13.8 Å². The highest BCUT2D eigenvalue weighted by molar-refractivity contribution is 7.56. The van der Waals surface area contributed by atoms with E-state index < -0.39 is 56.9 Å². The number of nitrogens with zero attached hydrogens (tertiary/aromatic N) is 1. The number of phosphoric ester groups is 1. The molecule has 1 aromatic heterocycles. The maximum atomic E-state index is 12.4. The summed E-state index contributed by atoms with van der Waals surface area (Å²) in [6, 6.07) is 0.283. The second-order valence-corrected chi connectivity index (χ2v) is 10.1. The van der Waals surface area contributed by atoms with Crippen LogP contribution in [0.2, 0.25) is 0 Å². The van der Waals surface area contributed by atoms with Crippen LogP contribution < -0.4 is 11.2 Å². The highest BCUT2D eigenvalue weighted by Gasteiger charge is 2.48. The molecule has 12 nitrogen and oxygen atoms in total. The SMILES string of the molecule is CO[C@H]1[C@@H](OP(=O)(O)OC(C)C)[C@@H](n2ccc(=O)[nH]c2=O)C[C@@H]1/C=C/P(=O)(O)OC. The van der Waals surface area contributed by atoms with Crippen LogP contribution in [0.25, 0.3) is 0 Å². The largest absolute Gasteiger partial charge is 0.472 e. The topological polar surface area (TPSA) is 166 Å². The van der Waals surface area contributed by atoms with Gasteiger partial charge in [-0.25, -0.2) is 9.36 Å². The highest BCUT2D eigenvalue weighted by atomic mass is 31.2. The number of hydrogen-bond acceptors (Lipinski definition) is 8. The van der Waals surface area contributed by atoms with Gasteiger partial charge in [0, 0.05) is 38.2 Å². The fraction of sp³-hybridized carbons (Fsp3) is 0.625.